The summed E-state index contributed by atoms with van der Waals surface area (Å²) in [6.07, 6.45) is 4.33. The minimum absolute atomic E-state index is 0.0269. The third-order valence-electron chi connectivity index (χ3n) is 4.70. The second kappa shape index (κ2) is 9.85. The first-order chi connectivity index (χ1) is 13.0. The van der Waals surface area contributed by atoms with E-state index in [1.807, 2.05) is 56.8 Å². The van der Waals surface area contributed by atoms with E-state index in [9.17, 15) is 9.59 Å². The Morgan fingerprint density at radius 3 is 2.56 bits per heavy atom. The lowest BCUT2D eigenvalue weighted by Crippen LogP contribution is -2.50. The number of furan rings is 1. The smallest absolute Gasteiger partial charge is 0.318 e. The fourth-order valence-electron chi connectivity index (χ4n) is 2.83. The van der Waals surface area contributed by atoms with Gasteiger partial charge in [0.05, 0.1) is 19.4 Å². The third kappa shape index (κ3) is 5.64. The molecule has 0 radical (unpaired) electrons. The quantitative estimate of drug-likeness (QED) is 0.733. The molecule has 1 unspecified atom stereocenters. The number of nitrogens with one attached hydrogen (secondary N) is 1. The molecule has 1 N–H and O–H groups in total. The van der Waals surface area contributed by atoms with Crippen LogP contribution in [0.4, 0.5) is 4.79 Å². The molecule has 0 aliphatic heterocycles. The zero-order valence-corrected chi connectivity index (χ0v) is 16.6. The van der Waals surface area contributed by atoms with Gasteiger partial charge in [-0.2, -0.15) is 0 Å². The van der Waals surface area contributed by atoms with Crippen molar-refractivity contribution in [1.82, 2.24) is 19.7 Å². The number of hydrogen-bond donors (Lipinski definition) is 1. The van der Waals surface area contributed by atoms with Gasteiger partial charge in [-0.15, -0.1) is 0 Å². The highest BCUT2D eigenvalue weighted by Gasteiger charge is 2.25. The van der Waals surface area contributed by atoms with E-state index in [-0.39, 0.29) is 24.5 Å². The summed E-state index contributed by atoms with van der Waals surface area (Å²) in [5, 5.41) is 2.80. The highest BCUT2D eigenvalue weighted by atomic mass is 16.3. The van der Waals surface area contributed by atoms with Gasteiger partial charge < -0.3 is 24.1 Å². The molecule has 27 heavy (non-hydrogen) atoms. The lowest BCUT2D eigenvalue weighted by atomic mass is 10.2. The monoisotopic (exact) mass is 374 g/mol. The standard InChI is InChI=1S/C20H30N4O3/c1-5-16(3)24(20(26)21-6-2)15-19(25)23(14-18-10-8-12-27-18)13-17-9-7-11-22(17)4/h7-12,16H,5-6,13-15H2,1-4H3,(H,21,26). The van der Waals surface area contributed by atoms with Crippen molar-refractivity contribution in [2.75, 3.05) is 13.1 Å². The molecule has 0 bridgehead atoms. The molecule has 148 valence electrons. The zero-order chi connectivity index (χ0) is 19.8. The first-order valence-corrected chi connectivity index (χ1v) is 9.41. The first kappa shape index (κ1) is 20.6. The SMILES string of the molecule is CCNC(=O)N(CC(=O)N(Cc1ccco1)Cc1cccn1C)C(C)CC. The highest BCUT2D eigenvalue weighted by molar-refractivity contribution is 5.84. The van der Waals surface area contributed by atoms with Crippen LogP contribution in [0.15, 0.2) is 41.1 Å². The number of amides is 3. The number of aromatic nitrogens is 1. The number of carbonyl (C=O) groups excluding carboxylic acids is 2. The van der Waals surface area contributed by atoms with Gasteiger partial charge in [-0.3, -0.25) is 4.79 Å². The molecular weight excluding hydrogens is 344 g/mol. The van der Waals surface area contributed by atoms with Crippen molar-refractivity contribution in [2.24, 2.45) is 7.05 Å². The van der Waals surface area contributed by atoms with Crippen molar-refractivity contribution in [2.45, 2.75) is 46.3 Å². The third-order valence-corrected chi connectivity index (χ3v) is 4.70. The van der Waals surface area contributed by atoms with Gasteiger partial charge in [-0.05, 0) is 44.5 Å². The van der Waals surface area contributed by atoms with Gasteiger partial charge in [-0.1, -0.05) is 6.92 Å². The molecule has 3 amide bonds. The summed E-state index contributed by atoms with van der Waals surface area (Å²) in [4.78, 5) is 28.8. The van der Waals surface area contributed by atoms with Crippen molar-refractivity contribution >= 4 is 11.9 Å². The molecule has 0 spiro atoms. The summed E-state index contributed by atoms with van der Waals surface area (Å²) < 4.78 is 7.41. The number of hydrogen-bond acceptors (Lipinski definition) is 3. The first-order valence-electron chi connectivity index (χ1n) is 9.41. The molecular formula is C20H30N4O3. The minimum Gasteiger partial charge on any atom is -0.467 e. The van der Waals surface area contributed by atoms with Crippen molar-refractivity contribution < 1.29 is 14.0 Å². The predicted molar refractivity (Wildman–Crippen MR) is 104 cm³/mol. The summed E-state index contributed by atoms with van der Waals surface area (Å²) in [7, 11) is 1.95. The van der Waals surface area contributed by atoms with Crippen molar-refractivity contribution in [3.63, 3.8) is 0 Å². The average Bonchev–Trinajstić information content (AvgIpc) is 3.30. The van der Waals surface area contributed by atoms with Crippen molar-refractivity contribution in [3.8, 4) is 0 Å². The molecule has 7 heteroatoms. The van der Waals surface area contributed by atoms with E-state index in [2.05, 4.69) is 5.32 Å². The van der Waals surface area contributed by atoms with E-state index >= 15 is 0 Å². The summed E-state index contributed by atoms with van der Waals surface area (Å²) in [6, 6.07) is 7.35. The largest absolute Gasteiger partial charge is 0.467 e. The van der Waals surface area contributed by atoms with Gasteiger partial charge in [0.2, 0.25) is 5.91 Å². The summed E-state index contributed by atoms with van der Waals surface area (Å²) in [6.45, 7) is 7.20. The van der Waals surface area contributed by atoms with Crippen molar-refractivity contribution in [1.29, 1.82) is 0 Å². The number of rotatable bonds is 9. The van der Waals surface area contributed by atoms with Crippen LogP contribution in [0.1, 0.15) is 38.6 Å². The number of urea groups is 1. The van der Waals surface area contributed by atoms with Crippen LogP contribution < -0.4 is 5.32 Å². The van der Waals surface area contributed by atoms with Crippen LogP contribution in [0.25, 0.3) is 0 Å². The Balaban J connectivity index is 2.17. The summed E-state index contributed by atoms with van der Waals surface area (Å²) in [5.74, 6) is 0.602. The Morgan fingerprint density at radius 2 is 2.00 bits per heavy atom. The van der Waals surface area contributed by atoms with E-state index in [0.29, 0.717) is 25.4 Å². The normalized spacial score (nSPS) is 11.9. The number of carbonyl (C=O) groups is 2. The van der Waals surface area contributed by atoms with E-state index in [1.165, 1.54) is 0 Å². The lowest BCUT2D eigenvalue weighted by molar-refractivity contribution is -0.133. The van der Waals surface area contributed by atoms with E-state index in [0.717, 1.165) is 12.1 Å². The van der Waals surface area contributed by atoms with Crippen LogP contribution in [-0.2, 0) is 24.9 Å². The molecule has 0 saturated heterocycles. The molecule has 0 aromatic carbocycles. The maximum atomic E-state index is 13.1. The Bertz CT molecular complexity index is 723. The van der Waals surface area contributed by atoms with E-state index in [1.54, 1.807) is 22.1 Å². The van der Waals surface area contributed by atoms with Crippen LogP contribution in [0.5, 0.6) is 0 Å². The van der Waals surface area contributed by atoms with Gasteiger partial charge in [-0.25, -0.2) is 4.79 Å². The maximum Gasteiger partial charge on any atom is 0.318 e. The van der Waals surface area contributed by atoms with Crippen LogP contribution in [0, 0.1) is 0 Å². The van der Waals surface area contributed by atoms with E-state index < -0.39 is 0 Å². The molecule has 2 rings (SSSR count). The Kier molecular flexibility index (Phi) is 7.52. The zero-order valence-electron chi connectivity index (χ0n) is 16.6. The predicted octanol–water partition coefficient (Wildman–Crippen LogP) is 2.98. The minimum atomic E-state index is -0.211. The molecule has 0 aliphatic carbocycles. The van der Waals surface area contributed by atoms with Crippen LogP contribution in [0.2, 0.25) is 0 Å². The molecule has 2 aromatic heterocycles. The highest BCUT2D eigenvalue weighted by Crippen LogP contribution is 2.13. The Labute approximate surface area is 160 Å². The van der Waals surface area contributed by atoms with Crippen LogP contribution in [0.3, 0.4) is 0 Å². The Morgan fingerprint density at radius 1 is 1.22 bits per heavy atom. The summed E-state index contributed by atoms with van der Waals surface area (Å²) >= 11 is 0. The number of nitrogens with zero attached hydrogens (tertiary/aromatic N) is 3. The molecule has 7 nitrogen and oxygen atoms in total. The molecule has 0 fully saturated rings. The van der Waals surface area contributed by atoms with Gasteiger partial charge in [0.1, 0.15) is 12.3 Å². The topological polar surface area (TPSA) is 70.7 Å². The van der Waals surface area contributed by atoms with Gasteiger partial charge in [0.15, 0.2) is 0 Å². The fraction of sp³-hybridized carbons (Fsp3) is 0.500. The maximum absolute atomic E-state index is 13.1. The summed E-state index contributed by atoms with van der Waals surface area (Å²) in [5.41, 5.74) is 1.02. The van der Waals surface area contributed by atoms with E-state index in [4.69, 9.17) is 4.42 Å². The second-order valence-corrected chi connectivity index (χ2v) is 6.66. The Hall–Kier alpha value is -2.70. The molecule has 2 heterocycles. The van der Waals surface area contributed by atoms with Crippen LogP contribution >= 0.6 is 0 Å². The van der Waals surface area contributed by atoms with Crippen LogP contribution in [-0.4, -0.2) is 45.4 Å². The molecule has 0 saturated carbocycles. The molecule has 0 aliphatic rings. The van der Waals surface area contributed by atoms with Gasteiger partial charge >= 0.3 is 6.03 Å². The van der Waals surface area contributed by atoms with Crippen molar-refractivity contribution in [3.05, 3.63) is 48.2 Å². The molecule has 1 atom stereocenters. The van der Waals surface area contributed by atoms with Gasteiger partial charge in [0, 0.05) is 31.5 Å². The second-order valence-electron chi connectivity index (χ2n) is 6.66. The number of aryl methyl sites for hydroxylation is 1. The molecule has 2 aromatic rings. The fourth-order valence-corrected chi connectivity index (χ4v) is 2.83. The van der Waals surface area contributed by atoms with Gasteiger partial charge in [0.25, 0.3) is 0 Å². The lowest BCUT2D eigenvalue weighted by Gasteiger charge is -2.31. The average molecular weight is 374 g/mol.